The number of rotatable bonds is 2. The van der Waals surface area contributed by atoms with Gasteiger partial charge in [-0.25, -0.2) is 4.98 Å². The van der Waals surface area contributed by atoms with Crippen molar-refractivity contribution in [3.05, 3.63) is 63.0 Å². The largest absolute Gasteiger partial charge is 0.350 e. The fourth-order valence-electron chi connectivity index (χ4n) is 4.00. The zero-order valence-corrected chi connectivity index (χ0v) is 15.9. The van der Waals surface area contributed by atoms with Gasteiger partial charge in [0.2, 0.25) is 0 Å². The lowest BCUT2D eigenvalue weighted by molar-refractivity contribution is 0.0706. The molecule has 6 heteroatoms. The topological polar surface area (TPSA) is 81.9 Å². The van der Waals surface area contributed by atoms with Crippen molar-refractivity contribution in [3.8, 4) is 0 Å². The molecule has 3 aromatic rings. The maximum atomic E-state index is 13.1. The van der Waals surface area contributed by atoms with Crippen LogP contribution in [0.3, 0.4) is 0 Å². The van der Waals surface area contributed by atoms with Gasteiger partial charge in [-0.15, -0.1) is 0 Å². The fraction of sp³-hybridized carbons (Fsp3) is 0.381. The molecule has 6 nitrogen and oxygen atoms in total. The number of aryl methyl sites for hydroxylation is 3. The summed E-state index contributed by atoms with van der Waals surface area (Å²) in [5.74, 6) is 0.913. The second kappa shape index (κ2) is 6.68. The molecule has 0 unspecified atom stereocenters. The number of H-pyrrole nitrogens is 2. The monoisotopic (exact) mass is 364 g/mol. The van der Waals surface area contributed by atoms with E-state index in [0.29, 0.717) is 24.6 Å². The van der Waals surface area contributed by atoms with Crippen LogP contribution in [-0.4, -0.2) is 38.8 Å². The molecule has 2 aromatic heterocycles. The van der Waals surface area contributed by atoms with E-state index in [-0.39, 0.29) is 17.4 Å². The third-order valence-corrected chi connectivity index (χ3v) is 5.51. The van der Waals surface area contributed by atoms with Crippen LogP contribution >= 0.6 is 0 Å². The summed E-state index contributed by atoms with van der Waals surface area (Å²) in [4.78, 5) is 37.1. The predicted octanol–water partition coefficient (Wildman–Crippen LogP) is 3.20. The first kappa shape index (κ1) is 17.5. The van der Waals surface area contributed by atoms with Crippen molar-refractivity contribution >= 4 is 16.8 Å². The van der Waals surface area contributed by atoms with Gasteiger partial charge >= 0.3 is 0 Å². The molecular weight excluding hydrogens is 340 g/mol. The number of fused-ring (bicyclic) bond motifs is 1. The molecule has 3 heterocycles. The van der Waals surface area contributed by atoms with Crippen LogP contribution in [0.1, 0.15) is 51.9 Å². The van der Waals surface area contributed by atoms with Crippen molar-refractivity contribution in [3.63, 3.8) is 0 Å². The Balaban J connectivity index is 1.52. The number of benzene rings is 1. The van der Waals surface area contributed by atoms with E-state index < -0.39 is 0 Å². The Kier molecular flexibility index (Phi) is 4.34. The Morgan fingerprint density at radius 2 is 1.85 bits per heavy atom. The number of carbonyl (C=O) groups is 1. The van der Waals surface area contributed by atoms with E-state index in [1.54, 1.807) is 13.0 Å². The molecule has 1 amide bonds. The van der Waals surface area contributed by atoms with Gasteiger partial charge in [-0.2, -0.15) is 0 Å². The van der Waals surface area contributed by atoms with E-state index in [4.69, 9.17) is 0 Å². The standard InChI is InChI=1S/C21H24N4O2/c1-12-4-5-17-16(10-12)13(2)20(24-17)21(27)25-8-6-15(7-9-25)18-11-19(26)23-14(3)22-18/h4-5,10-11,15,24H,6-9H2,1-3H3,(H,22,23,26). The number of aromatic nitrogens is 3. The van der Waals surface area contributed by atoms with Crippen molar-refractivity contribution in [1.29, 1.82) is 0 Å². The summed E-state index contributed by atoms with van der Waals surface area (Å²) in [5.41, 5.74) is 4.59. The molecule has 0 atom stereocenters. The number of nitrogens with one attached hydrogen (secondary N) is 2. The number of likely N-dealkylation sites (tertiary alicyclic amines) is 1. The summed E-state index contributed by atoms with van der Waals surface area (Å²) in [6.07, 6.45) is 1.64. The molecule has 0 spiro atoms. The first-order valence-electron chi connectivity index (χ1n) is 9.38. The number of hydrogen-bond donors (Lipinski definition) is 2. The van der Waals surface area contributed by atoms with E-state index >= 15 is 0 Å². The molecule has 0 aliphatic carbocycles. The quantitative estimate of drug-likeness (QED) is 0.733. The van der Waals surface area contributed by atoms with E-state index in [2.05, 4.69) is 34.0 Å². The molecule has 1 aliphatic heterocycles. The third-order valence-electron chi connectivity index (χ3n) is 5.51. The van der Waals surface area contributed by atoms with Crippen LogP contribution in [-0.2, 0) is 0 Å². The van der Waals surface area contributed by atoms with Crippen LogP contribution in [0.5, 0.6) is 0 Å². The highest BCUT2D eigenvalue weighted by atomic mass is 16.2. The van der Waals surface area contributed by atoms with Gasteiger partial charge in [-0.05, 0) is 51.3 Å². The van der Waals surface area contributed by atoms with Crippen LogP contribution in [0, 0.1) is 20.8 Å². The van der Waals surface area contributed by atoms with Crippen molar-refractivity contribution in [1.82, 2.24) is 19.9 Å². The molecule has 1 aliphatic rings. The Labute approximate surface area is 157 Å². The predicted molar refractivity (Wildman–Crippen MR) is 105 cm³/mol. The molecule has 140 valence electrons. The molecule has 2 N–H and O–H groups in total. The van der Waals surface area contributed by atoms with Crippen molar-refractivity contribution in [2.24, 2.45) is 0 Å². The maximum absolute atomic E-state index is 13.1. The van der Waals surface area contributed by atoms with Gasteiger partial charge in [0, 0.05) is 36.0 Å². The lowest BCUT2D eigenvalue weighted by atomic mass is 9.93. The lowest BCUT2D eigenvalue weighted by Gasteiger charge is -2.31. The number of aromatic amines is 2. The number of carbonyl (C=O) groups excluding carboxylic acids is 1. The molecule has 0 bridgehead atoms. The first-order valence-corrected chi connectivity index (χ1v) is 9.38. The molecule has 4 rings (SSSR count). The molecule has 1 saturated heterocycles. The number of piperidine rings is 1. The van der Waals surface area contributed by atoms with Crippen molar-refractivity contribution in [2.45, 2.75) is 39.5 Å². The van der Waals surface area contributed by atoms with Crippen LogP contribution in [0.25, 0.3) is 10.9 Å². The van der Waals surface area contributed by atoms with Gasteiger partial charge in [-0.1, -0.05) is 11.6 Å². The second-order valence-electron chi connectivity index (χ2n) is 7.50. The Bertz CT molecular complexity index is 1070. The zero-order chi connectivity index (χ0) is 19.1. The fourth-order valence-corrected chi connectivity index (χ4v) is 4.00. The summed E-state index contributed by atoms with van der Waals surface area (Å²) in [7, 11) is 0. The minimum Gasteiger partial charge on any atom is -0.350 e. The van der Waals surface area contributed by atoms with Gasteiger partial charge in [0.1, 0.15) is 11.5 Å². The highest BCUT2D eigenvalue weighted by molar-refractivity contribution is 6.01. The van der Waals surface area contributed by atoms with E-state index in [1.165, 1.54) is 5.56 Å². The summed E-state index contributed by atoms with van der Waals surface area (Å²) in [5, 5.41) is 1.11. The average molecular weight is 364 g/mol. The summed E-state index contributed by atoms with van der Waals surface area (Å²) >= 11 is 0. The number of nitrogens with zero attached hydrogens (tertiary/aromatic N) is 2. The van der Waals surface area contributed by atoms with Gasteiger partial charge in [0.25, 0.3) is 11.5 Å². The summed E-state index contributed by atoms with van der Waals surface area (Å²) < 4.78 is 0. The number of amides is 1. The van der Waals surface area contributed by atoms with Crippen LogP contribution in [0.15, 0.2) is 29.1 Å². The summed E-state index contributed by atoms with van der Waals surface area (Å²) in [6.45, 7) is 7.20. The molecule has 0 radical (unpaired) electrons. The van der Waals surface area contributed by atoms with E-state index in [0.717, 1.165) is 35.0 Å². The minimum absolute atomic E-state index is 0.0508. The van der Waals surface area contributed by atoms with Crippen molar-refractivity contribution < 1.29 is 4.79 Å². The average Bonchev–Trinajstić information content (AvgIpc) is 2.97. The van der Waals surface area contributed by atoms with Crippen LogP contribution in [0.2, 0.25) is 0 Å². The molecular formula is C21H24N4O2. The molecule has 1 aromatic carbocycles. The van der Waals surface area contributed by atoms with Crippen LogP contribution < -0.4 is 5.56 Å². The van der Waals surface area contributed by atoms with Crippen LogP contribution in [0.4, 0.5) is 0 Å². The number of hydrogen-bond acceptors (Lipinski definition) is 3. The van der Waals surface area contributed by atoms with Gasteiger partial charge in [-0.3, -0.25) is 9.59 Å². The Morgan fingerprint density at radius 3 is 2.56 bits per heavy atom. The maximum Gasteiger partial charge on any atom is 0.270 e. The molecule has 1 fully saturated rings. The molecule has 27 heavy (non-hydrogen) atoms. The smallest absolute Gasteiger partial charge is 0.270 e. The highest BCUT2D eigenvalue weighted by Crippen LogP contribution is 2.29. The normalized spacial score (nSPS) is 15.4. The van der Waals surface area contributed by atoms with Gasteiger partial charge < -0.3 is 14.9 Å². The Hall–Kier alpha value is -2.89. The summed E-state index contributed by atoms with van der Waals surface area (Å²) in [6, 6.07) is 7.78. The SMILES string of the molecule is Cc1ccc2[nH]c(C(=O)N3CCC(c4cc(=O)[nH]c(C)n4)CC3)c(C)c2c1. The highest BCUT2D eigenvalue weighted by Gasteiger charge is 2.27. The van der Waals surface area contributed by atoms with E-state index in [9.17, 15) is 9.59 Å². The first-order chi connectivity index (χ1) is 12.9. The van der Waals surface area contributed by atoms with Gasteiger partial charge in [0.05, 0.1) is 5.69 Å². The van der Waals surface area contributed by atoms with Gasteiger partial charge in [0.15, 0.2) is 0 Å². The second-order valence-corrected chi connectivity index (χ2v) is 7.50. The van der Waals surface area contributed by atoms with Crippen molar-refractivity contribution in [2.75, 3.05) is 13.1 Å². The minimum atomic E-state index is -0.111. The lowest BCUT2D eigenvalue weighted by Crippen LogP contribution is -2.38. The zero-order valence-electron chi connectivity index (χ0n) is 15.9. The Morgan fingerprint density at radius 1 is 1.11 bits per heavy atom. The third kappa shape index (κ3) is 3.27. The molecule has 0 saturated carbocycles. The van der Waals surface area contributed by atoms with E-state index in [1.807, 2.05) is 17.9 Å².